The van der Waals surface area contributed by atoms with Crippen molar-refractivity contribution in [2.24, 2.45) is 0 Å². The van der Waals surface area contributed by atoms with Crippen LogP contribution in [0, 0.1) is 6.92 Å². The Hall–Kier alpha value is -0.300. The van der Waals surface area contributed by atoms with Crippen molar-refractivity contribution in [3.8, 4) is 0 Å². The average Bonchev–Trinajstić information content (AvgIpc) is 2.79. The van der Waals surface area contributed by atoms with Crippen LogP contribution in [0.1, 0.15) is 71.1 Å². The second kappa shape index (κ2) is 17.1. The molecule has 0 aliphatic carbocycles. The number of aryl methyl sites for hydroxylation is 1. The molecular weight excluding hydrogens is 212 g/mol. The van der Waals surface area contributed by atoms with Gasteiger partial charge in [0.15, 0.2) is 0 Å². The van der Waals surface area contributed by atoms with E-state index in [0.717, 1.165) is 0 Å². The molecule has 0 aliphatic rings. The zero-order valence-electron chi connectivity index (χ0n) is 11.9. The lowest BCUT2D eigenvalue weighted by molar-refractivity contribution is 0.624. The van der Waals surface area contributed by atoms with Gasteiger partial charge < -0.3 is 0 Å². The highest BCUT2D eigenvalue weighted by Crippen LogP contribution is 2.04. The smallest absolute Gasteiger partial charge is 0.00141 e. The van der Waals surface area contributed by atoms with Gasteiger partial charge in [-0.3, -0.25) is 0 Å². The Morgan fingerprint density at radius 2 is 1.44 bits per heavy atom. The van der Waals surface area contributed by atoms with Gasteiger partial charge in [-0.05, 0) is 18.4 Å². The molecule has 0 radical (unpaired) electrons. The van der Waals surface area contributed by atoms with Crippen molar-refractivity contribution in [3.63, 3.8) is 0 Å². The Kier molecular flexibility index (Phi) is 19.3. The molecule has 0 nitrogen and oxygen atoms in total. The molecule has 0 amide bonds. The molecule has 0 unspecified atom stereocenters. The molecule has 0 atom stereocenters. The standard InChI is InChI=1S/C8H18.C5H6S.C2H6/c1-3-5-7-8-6-4-2;1-5-3-2-4-6-5;1-2/h3-8H2,1-2H3;2-4H,1H3;1-2H3. The Morgan fingerprint density at radius 3 is 1.62 bits per heavy atom. The minimum absolute atomic E-state index is 1.36. The van der Waals surface area contributed by atoms with Crippen LogP contribution in [0.3, 0.4) is 0 Å². The third-order valence-electron chi connectivity index (χ3n) is 2.12. The molecule has 0 fully saturated rings. The van der Waals surface area contributed by atoms with Crippen LogP contribution in [0.25, 0.3) is 0 Å². The van der Waals surface area contributed by atoms with E-state index >= 15 is 0 Å². The Labute approximate surface area is 107 Å². The first-order valence-corrected chi connectivity index (χ1v) is 7.69. The summed E-state index contributed by atoms with van der Waals surface area (Å²) in [7, 11) is 0. The predicted molar refractivity (Wildman–Crippen MR) is 79.5 cm³/mol. The molecule has 0 aromatic carbocycles. The van der Waals surface area contributed by atoms with Crippen molar-refractivity contribution in [1.29, 1.82) is 0 Å². The third kappa shape index (κ3) is 16.1. The minimum atomic E-state index is 1.36. The van der Waals surface area contributed by atoms with Gasteiger partial charge in [0.1, 0.15) is 0 Å². The van der Waals surface area contributed by atoms with Gasteiger partial charge >= 0.3 is 0 Å². The summed E-state index contributed by atoms with van der Waals surface area (Å²) in [6.45, 7) is 10.6. The molecule has 0 aliphatic heterocycles. The van der Waals surface area contributed by atoms with Crippen LogP contribution in [-0.4, -0.2) is 0 Å². The first-order valence-electron chi connectivity index (χ1n) is 6.81. The lowest BCUT2D eigenvalue weighted by Crippen LogP contribution is -1.73. The van der Waals surface area contributed by atoms with Crippen LogP contribution < -0.4 is 0 Å². The van der Waals surface area contributed by atoms with E-state index in [1.807, 2.05) is 13.8 Å². The maximum Gasteiger partial charge on any atom is 0.00141 e. The SMILES string of the molecule is CC.CCCCCCCC.Cc1cccs1. The highest BCUT2D eigenvalue weighted by atomic mass is 32.1. The van der Waals surface area contributed by atoms with E-state index in [4.69, 9.17) is 0 Å². The van der Waals surface area contributed by atoms with Crippen molar-refractivity contribution >= 4 is 11.3 Å². The van der Waals surface area contributed by atoms with E-state index in [0.29, 0.717) is 0 Å². The molecule has 96 valence electrons. The molecule has 0 saturated carbocycles. The van der Waals surface area contributed by atoms with Gasteiger partial charge in [0.25, 0.3) is 0 Å². The van der Waals surface area contributed by atoms with Crippen LogP contribution >= 0.6 is 11.3 Å². The second-order valence-corrected chi connectivity index (χ2v) is 4.79. The van der Waals surface area contributed by atoms with Gasteiger partial charge in [0.2, 0.25) is 0 Å². The molecule has 0 bridgehead atoms. The zero-order valence-corrected chi connectivity index (χ0v) is 12.7. The summed E-state index contributed by atoms with van der Waals surface area (Å²) in [6.07, 6.45) is 8.49. The van der Waals surface area contributed by atoms with E-state index in [-0.39, 0.29) is 0 Å². The number of hydrogen-bond donors (Lipinski definition) is 0. The normalized spacial score (nSPS) is 8.56. The van der Waals surface area contributed by atoms with Gasteiger partial charge in [-0.15, -0.1) is 11.3 Å². The maximum atomic E-state index is 2.26. The van der Waals surface area contributed by atoms with Crippen LogP contribution in [0.2, 0.25) is 0 Å². The molecular formula is C15H30S. The van der Waals surface area contributed by atoms with Crippen molar-refractivity contribution < 1.29 is 0 Å². The van der Waals surface area contributed by atoms with E-state index in [1.54, 1.807) is 11.3 Å². The highest BCUT2D eigenvalue weighted by Gasteiger charge is 1.83. The third-order valence-corrected chi connectivity index (χ3v) is 2.92. The maximum absolute atomic E-state index is 2.26. The Morgan fingerprint density at radius 1 is 0.938 bits per heavy atom. The minimum Gasteiger partial charge on any atom is -0.149 e. The number of rotatable bonds is 5. The monoisotopic (exact) mass is 242 g/mol. The van der Waals surface area contributed by atoms with Gasteiger partial charge in [0, 0.05) is 4.88 Å². The van der Waals surface area contributed by atoms with Gasteiger partial charge in [-0.2, -0.15) is 0 Å². The lowest BCUT2D eigenvalue weighted by Gasteiger charge is -1.93. The molecule has 1 aromatic rings. The quantitative estimate of drug-likeness (QED) is 0.520. The molecule has 16 heavy (non-hydrogen) atoms. The van der Waals surface area contributed by atoms with Crippen LogP contribution in [-0.2, 0) is 0 Å². The Balaban J connectivity index is 0. The van der Waals surface area contributed by atoms with Gasteiger partial charge in [-0.1, -0.05) is 72.3 Å². The number of thiophene rings is 1. The second-order valence-electron chi connectivity index (χ2n) is 3.64. The average molecular weight is 242 g/mol. The molecule has 1 heterocycles. The van der Waals surface area contributed by atoms with Crippen LogP contribution in [0.15, 0.2) is 17.5 Å². The molecule has 0 N–H and O–H groups in total. The summed E-state index contributed by atoms with van der Waals surface area (Å²) in [5.41, 5.74) is 0. The van der Waals surface area contributed by atoms with Crippen molar-refractivity contribution in [2.75, 3.05) is 0 Å². The van der Waals surface area contributed by atoms with Crippen LogP contribution in [0.4, 0.5) is 0 Å². The van der Waals surface area contributed by atoms with Crippen molar-refractivity contribution in [2.45, 2.75) is 73.1 Å². The van der Waals surface area contributed by atoms with Crippen LogP contribution in [0.5, 0.6) is 0 Å². The number of hydrogen-bond acceptors (Lipinski definition) is 1. The highest BCUT2D eigenvalue weighted by molar-refractivity contribution is 7.09. The first kappa shape index (κ1) is 18.1. The Bertz CT molecular complexity index is 171. The fourth-order valence-corrected chi connectivity index (χ4v) is 1.74. The summed E-state index contributed by atoms with van der Waals surface area (Å²) in [5, 5.41) is 2.08. The van der Waals surface area contributed by atoms with E-state index in [2.05, 4.69) is 38.3 Å². The summed E-state index contributed by atoms with van der Waals surface area (Å²) in [5.74, 6) is 0. The van der Waals surface area contributed by atoms with E-state index in [9.17, 15) is 0 Å². The summed E-state index contributed by atoms with van der Waals surface area (Å²) in [4.78, 5) is 1.38. The zero-order chi connectivity index (χ0) is 12.6. The van der Waals surface area contributed by atoms with E-state index < -0.39 is 0 Å². The molecule has 1 rings (SSSR count). The molecule has 1 aromatic heterocycles. The number of unbranched alkanes of at least 4 members (excludes halogenated alkanes) is 5. The van der Waals surface area contributed by atoms with Gasteiger partial charge in [-0.25, -0.2) is 0 Å². The van der Waals surface area contributed by atoms with Crippen molar-refractivity contribution in [3.05, 3.63) is 22.4 Å². The summed E-state index contributed by atoms with van der Waals surface area (Å²) >= 11 is 1.78. The van der Waals surface area contributed by atoms with Gasteiger partial charge in [0.05, 0.1) is 0 Å². The summed E-state index contributed by atoms with van der Waals surface area (Å²) < 4.78 is 0. The fourth-order valence-electron chi connectivity index (χ4n) is 1.21. The lowest BCUT2D eigenvalue weighted by atomic mass is 10.1. The molecule has 0 saturated heterocycles. The topological polar surface area (TPSA) is 0 Å². The van der Waals surface area contributed by atoms with Crippen molar-refractivity contribution in [1.82, 2.24) is 0 Å². The molecule has 0 spiro atoms. The first-order chi connectivity index (χ1) is 7.81. The largest absolute Gasteiger partial charge is 0.149 e. The molecule has 1 heteroatoms. The summed E-state index contributed by atoms with van der Waals surface area (Å²) in [6, 6.07) is 4.16. The predicted octanol–water partition coefficient (Wildman–Crippen LogP) is 6.45. The van der Waals surface area contributed by atoms with E-state index in [1.165, 1.54) is 43.4 Å². The fraction of sp³-hybridized carbons (Fsp3) is 0.733.